The van der Waals surface area contributed by atoms with Gasteiger partial charge in [-0.3, -0.25) is 22.8 Å². The van der Waals surface area contributed by atoms with Crippen molar-refractivity contribution in [3.8, 4) is 33.8 Å². The molecular formula is C62H72F12Ir3N3O9-3. The Kier molecular flexibility index (Phi) is 48.0. The maximum Gasteiger partial charge on any atom is 0.417 e. The van der Waals surface area contributed by atoms with Crippen LogP contribution in [0, 0.1) is 47.5 Å². The smallest absolute Gasteiger partial charge is 0.417 e. The molecule has 1 saturated heterocycles. The van der Waals surface area contributed by atoms with E-state index in [4.69, 9.17) is 24.4 Å². The van der Waals surface area contributed by atoms with E-state index in [1.165, 1.54) is 80.4 Å². The van der Waals surface area contributed by atoms with Crippen molar-refractivity contribution in [2.24, 2.45) is 11.8 Å². The number of aromatic nitrogens is 3. The van der Waals surface area contributed by atoms with Crippen LogP contribution in [0.4, 0.5) is 52.7 Å². The molecule has 1 aliphatic heterocycles. The van der Waals surface area contributed by atoms with Crippen LogP contribution < -0.4 is 0 Å². The summed E-state index contributed by atoms with van der Waals surface area (Å²) in [6, 6.07) is 25.4. The molecule has 89 heavy (non-hydrogen) atoms. The Morgan fingerprint density at radius 3 is 1.09 bits per heavy atom. The number of hydrogen-bond acceptors (Lipinski definition) is 10. The molecular weight excluding hydrogens is 1740 g/mol. The Labute approximate surface area is 551 Å². The number of carbonyl (C=O) groups excluding carboxylic acids is 2. The van der Waals surface area contributed by atoms with Gasteiger partial charge in [-0.2, -0.15) is 39.5 Å². The van der Waals surface area contributed by atoms with Gasteiger partial charge < -0.3 is 50.3 Å². The number of carbonyl (C=O) groups is 2. The van der Waals surface area contributed by atoms with Crippen molar-refractivity contribution in [3.05, 3.63) is 174 Å². The van der Waals surface area contributed by atoms with Gasteiger partial charge in [0.25, 0.3) is 5.95 Å². The van der Waals surface area contributed by atoms with Crippen molar-refractivity contribution < 1.29 is 158 Å². The summed E-state index contributed by atoms with van der Waals surface area (Å²) in [7, 11) is 0. The average molecular weight is 1810 g/mol. The largest absolute Gasteiger partial charge is 0.481 e. The topological polar surface area (TPSA) is 204 Å². The van der Waals surface area contributed by atoms with Crippen molar-refractivity contribution in [2.75, 3.05) is 26.4 Å². The van der Waals surface area contributed by atoms with Gasteiger partial charge in [-0.15, -0.1) is 89.5 Å². The molecule has 4 heterocycles. The zero-order chi connectivity index (χ0) is 62.9. The van der Waals surface area contributed by atoms with Gasteiger partial charge in [-0.25, -0.2) is 0 Å². The Morgan fingerprint density at radius 1 is 0.562 bits per heavy atom. The number of aliphatic hydroxyl groups is 2. The number of esters is 1. The first-order chi connectivity index (χ1) is 39.6. The van der Waals surface area contributed by atoms with E-state index in [0.29, 0.717) is 58.8 Å². The Hall–Kier alpha value is -5.46. The van der Waals surface area contributed by atoms with Crippen LogP contribution in [0.2, 0.25) is 0 Å². The third-order valence-corrected chi connectivity index (χ3v) is 11.9. The van der Waals surface area contributed by atoms with Gasteiger partial charge in [0, 0.05) is 116 Å². The average Bonchev–Trinajstić information content (AvgIpc) is 4.25. The Balaban J connectivity index is -0.000000491. The van der Waals surface area contributed by atoms with E-state index in [1.807, 2.05) is 0 Å². The number of halogens is 12. The molecule has 12 nitrogen and oxygen atoms in total. The Bertz CT molecular complexity index is 2570. The molecule has 7 rings (SSSR count). The summed E-state index contributed by atoms with van der Waals surface area (Å²) < 4.78 is 163. The number of nitrogens with zero attached hydrogens (tertiary/aromatic N) is 3. The molecule has 3 radical (unpaired) electrons. The van der Waals surface area contributed by atoms with Crippen LogP contribution in [0.1, 0.15) is 116 Å². The maximum atomic E-state index is 12.6. The summed E-state index contributed by atoms with van der Waals surface area (Å²) in [6.45, 7) is 14.5. The molecule has 1 atom stereocenters. The number of hydrogen-bond donors (Lipinski definition) is 2. The van der Waals surface area contributed by atoms with Crippen LogP contribution in [0.15, 0.2) is 122 Å². The van der Waals surface area contributed by atoms with Gasteiger partial charge in [0.2, 0.25) is 0 Å². The molecule has 1 fully saturated rings. The van der Waals surface area contributed by atoms with E-state index >= 15 is 0 Å². The van der Waals surface area contributed by atoms with Crippen LogP contribution in [0.5, 0.6) is 0 Å². The minimum absolute atomic E-state index is 0. The standard InChI is InChI=1S/3C12H6F4N.C11H22O3.C11H20O3.C4H8O.3Ir.2H2O/c3*13-10-4-1-8(2-5-10)11-6-3-9(7-17-11)12(14,15)16;2*1-4-10(5-2)6-7-14-11(13)8-9(3)12;1-2-4-5-3-1;;;;;/h3*1,3-7H;8-10,12-13H,4-7H2,1-3H3;10H,4-8H2,1-3H3;1-4H2;;;;2*1H2/q3*-1;;;;;;;;. The summed E-state index contributed by atoms with van der Waals surface area (Å²) >= 11 is 0. The molecule has 6 N–H and O–H groups in total. The molecule has 503 valence electrons. The fourth-order valence-electron chi connectivity index (χ4n) is 6.94. The molecule has 0 spiro atoms. The van der Waals surface area contributed by atoms with E-state index in [0.717, 1.165) is 107 Å². The predicted octanol–water partition coefficient (Wildman–Crippen LogP) is 15.2. The van der Waals surface area contributed by atoms with Crippen molar-refractivity contribution in [2.45, 2.75) is 124 Å². The number of benzene rings is 3. The minimum atomic E-state index is -4.40. The van der Waals surface area contributed by atoms with E-state index in [2.05, 4.69) is 60.8 Å². The summed E-state index contributed by atoms with van der Waals surface area (Å²) in [5, 5.41) is 18.1. The van der Waals surface area contributed by atoms with Gasteiger partial charge in [-0.05, 0) is 68.4 Å². The first-order valence-electron chi connectivity index (χ1n) is 26.7. The summed E-state index contributed by atoms with van der Waals surface area (Å²) in [4.78, 5) is 32.5. The fourth-order valence-corrected chi connectivity index (χ4v) is 6.94. The van der Waals surface area contributed by atoms with Crippen LogP contribution in [-0.2, 0) is 103 Å². The number of rotatable bonds is 17. The summed E-state index contributed by atoms with van der Waals surface area (Å²) in [6.07, 6.45) is -1.55. The predicted molar refractivity (Wildman–Crippen MR) is 300 cm³/mol. The third-order valence-electron chi connectivity index (χ3n) is 11.9. The fraction of sp³-hybridized carbons (Fsp3) is 0.403. The van der Waals surface area contributed by atoms with Gasteiger partial charge >= 0.3 is 24.5 Å². The number of ether oxygens (including phenoxy) is 3. The SMILES string of the molecule is C1CCOC1.CCC(CC)CCOC(=O)CC(C)=O.CCC(CC)CCOC(O)=CC(C)O.Fc1c[c-]c(-c2ccc(C(F)(F)F)cn2)cc1.Fc1c[c-]c(-c2ccc(C(F)(F)F)cn2)cc1.Fc1c[c-]c(-c2ccc(C(F)(F)F)cn2)cc1.O.O.[Ir].[Ir].[Ir]. The van der Waals surface area contributed by atoms with Crippen LogP contribution >= 0.6 is 0 Å². The zero-order valence-electron chi connectivity index (χ0n) is 49.2. The number of Topliss-reactive ketones (excluding diaryl/α,β-unsaturated/α-hetero) is 1. The number of alkyl halides is 9. The third kappa shape index (κ3) is 38.8. The number of pyridine rings is 3. The van der Waals surface area contributed by atoms with Gasteiger partial charge in [0.05, 0.1) is 36.0 Å². The summed E-state index contributed by atoms with van der Waals surface area (Å²) in [5.74, 6) is -0.802. The van der Waals surface area contributed by atoms with E-state index in [1.54, 1.807) is 6.92 Å². The normalized spacial score (nSPS) is 11.9. The van der Waals surface area contributed by atoms with Crippen LogP contribution in [0.3, 0.4) is 0 Å². The van der Waals surface area contributed by atoms with E-state index in [9.17, 15) is 62.3 Å². The molecule has 0 amide bonds. The molecule has 27 heteroatoms. The summed E-state index contributed by atoms with van der Waals surface area (Å²) in [5.41, 5.74) is -0.163. The van der Waals surface area contributed by atoms with Crippen molar-refractivity contribution in [3.63, 3.8) is 0 Å². The maximum absolute atomic E-state index is 12.6. The number of ketones is 1. The van der Waals surface area contributed by atoms with Gasteiger partial charge in [0.1, 0.15) is 12.2 Å². The van der Waals surface area contributed by atoms with E-state index in [-0.39, 0.29) is 89.4 Å². The second-order valence-electron chi connectivity index (χ2n) is 18.5. The first kappa shape index (κ1) is 90.0. The molecule has 0 bridgehead atoms. The van der Waals surface area contributed by atoms with Crippen molar-refractivity contribution in [1.82, 2.24) is 15.0 Å². The Morgan fingerprint density at radius 2 is 0.876 bits per heavy atom. The monoisotopic (exact) mass is 1810 g/mol. The molecule has 1 unspecified atom stereocenters. The first-order valence-corrected chi connectivity index (χ1v) is 26.7. The van der Waals surface area contributed by atoms with Crippen molar-refractivity contribution in [1.29, 1.82) is 0 Å². The quantitative estimate of drug-likeness (QED) is 0.0291. The minimum Gasteiger partial charge on any atom is -0.481 e. The zero-order valence-corrected chi connectivity index (χ0v) is 56.4. The second-order valence-corrected chi connectivity index (χ2v) is 18.5. The molecule has 0 saturated carbocycles. The molecule has 1 aliphatic rings. The van der Waals surface area contributed by atoms with Gasteiger partial charge in [-0.1, -0.05) is 89.8 Å². The van der Waals surface area contributed by atoms with Crippen molar-refractivity contribution >= 4 is 11.8 Å². The molecule has 6 aromatic rings. The van der Waals surface area contributed by atoms with Crippen LogP contribution in [0.25, 0.3) is 33.8 Å². The molecule has 3 aromatic heterocycles. The molecule has 3 aromatic carbocycles. The molecule has 0 aliphatic carbocycles. The van der Waals surface area contributed by atoms with Gasteiger partial charge in [0.15, 0.2) is 0 Å². The van der Waals surface area contributed by atoms with Crippen LogP contribution in [-0.4, -0.2) is 80.4 Å². The van der Waals surface area contributed by atoms with E-state index < -0.39 is 64.7 Å². The number of aliphatic hydroxyl groups excluding tert-OH is 2. The second kappa shape index (κ2) is 47.5.